The quantitative estimate of drug-likeness (QED) is 0.488. The Morgan fingerprint density at radius 2 is 1.73 bits per heavy atom. The molecule has 1 amide bonds. The third-order valence-electron chi connectivity index (χ3n) is 8.60. The molecule has 0 radical (unpaired) electrons. The number of benzene rings is 1. The van der Waals surface area contributed by atoms with Gasteiger partial charge in [0, 0.05) is 30.5 Å². The molecule has 6 rings (SSSR count). The van der Waals surface area contributed by atoms with Gasteiger partial charge < -0.3 is 14.5 Å². The van der Waals surface area contributed by atoms with Crippen molar-refractivity contribution in [3.05, 3.63) is 41.8 Å². The van der Waals surface area contributed by atoms with Gasteiger partial charge in [-0.25, -0.2) is 4.39 Å². The van der Waals surface area contributed by atoms with Crippen molar-refractivity contribution < 1.29 is 40.8 Å². The van der Waals surface area contributed by atoms with E-state index in [-0.39, 0.29) is 23.5 Å². The first-order valence-corrected chi connectivity index (χ1v) is 12.2. The zero-order valence-corrected chi connectivity index (χ0v) is 20.1. The van der Waals surface area contributed by atoms with E-state index in [4.69, 9.17) is 4.52 Å². The smallest absolute Gasteiger partial charge is 0.380 e. The number of rotatable bonds is 6. The number of carbonyl (C=O) groups is 1. The lowest BCUT2D eigenvalue weighted by molar-refractivity contribution is -0.295. The van der Waals surface area contributed by atoms with Crippen molar-refractivity contribution in [2.75, 3.05) is 11.4 Å². The third kappa shape index (κ3) is 4.51. The Balaban J connectivity index is 1.35. The predicted octanol–water partition coefficient (Wildman–Crippen LogP) is 5.65. The van der Waals surface area contributed by atoms with E-state index in [1.54, 1.807) is 0 Å². The van der Waals surface area contributed by atoms with Gasteiger partial charge in [-0.15, -0.1) is 0 Å². The van der Waals surface area contributed by atoms with E-state index in [0.717, 1.165) is 0 Å². The lowest BCUT2D eigenvalue weighted by Crippen LogP contribution is -2.60. The molecule has 0 unspecified atom stereocenters. The van der Waals surface area contributed by atoms with Crippen LogP contribution < -0.4 is 4.90 Å². The fourth-order valence-electron chi connectivity index (χ4n) is 6.11. The van der Waals surface area contributed by atoms with Crippen LogP contribution in [0.25, 0.3) is 0 Å². The summed E-state index contributed by atoms with van der Waals surface area (Å²) in [6.45, 7) is 0.862. The molecule has 4 fully saturated rings. The zero-order valence-electron chi connectivity index (χ0n) is 20.1. The highest BCUT2D eigenvalue weighted by atomic mass is 19.4. The van der Waals surface area contributed by atoms with Crippen molar-refractivity contribution in [2.45, 2.75) is 81.4 Å². The van der Waals surface area contributed by atoms with Crippen LogP contribution in [0.1, 0.15) is 70.0 Å². The topological polar surface area (TPSA) is 79.5 Å². The Morgan fingerprint density at radius 3 is 2.24 bits per heavy atom. The summed E-state index contributed by atoms with van der Waals surface area (Å²) in [6, 6.07) is 5.35. The van der Waals surface area contributed by atoms with E-state index in [0.29, 0.717) is 45.4 Å². The molecule has 202 valence electrons. The van der Waals surface area contributed by atoms with E-state index < -0.39 is 59.5 Å². The van der Waals surface area contributed by atoms with E-state index >= 15 is 0 Å². The third-order valence-corrected chi connectivity index (χ3v) is 8.60. The lowest BCUT2D eigenvalue weighted by atomic mass is 9.53. The van der Waals surface area contributed by atoms with E-state index in [2.05, 4.69) is 10.1 Å². The second-order valence-corrected chi connectivity index (χ2v) is 11.1. The molecule has 37 heavy (non-hydrogen) atoms. The minimum absolute atomic E-state index is 0.177. The number of carbonyl (C=O) groups excluding carboxylic acids is 1. The van der Waals surface area contributed by atoms with E-state index in [9.17, 15) is 36.2 Å². The molecule has 1 N–H and O–H groups in total. The van der Waals surface area contributed by atoms with Gasteiger partial charge in [0.25, 0.3) is 5.89 Å². The van der Waals surface area contributed by atoms with Crippen molar-refractivity contribution in [1.29, 1.82) is 0 Å². The lowest BCUT2D eigenvalue weighted by Gasteiger charge is -2.54. The normalized spacial score (nSPS) is 31.7. The number of hydrogen-bond acceptors (Lipinski definition) is 5. The number of nitrogens with zero attached hydrogens (tertiary/aromatic N) is 3. The molecule has 0 aliphatic heterocycles. The molecule has 0 saturated heterocycles. The van der Waals surface area contributed by atoms with Crippen molar-refractivity contribution in [3.63, 3.8) is 0 Å². The molecule has 4 aliphatic rings. The van der Waals surface area contributed by atoms with Crippen molar-refractivity contribution in [3.8, 4) is 0 Å². The van der Waals surface area contributed by atoms with Crippen molar-refractivity contribution >= 4 is 11.6 Å². The van der Waals surface area contributed by atoms with Crippen LogP contribution in [-0.4, -0.2) is 39.5 Å². The van der Waals surface area contributed by atoms with Gasteiger partial charge in [0.2, 0.25) is 5.91 Å². The molecule has 12 heteroatoms. The molecule has 0 atom stereocenters. The summed E-state index contributed by atoms with van der Waals surface area (Å²) in [5, 5.41) is 13.7. The summed E-state index contributed by atoms with van der Waals surface area (Å²) in [4.78, 5) is 18.7. The number of amides is 1. The highest BCUT2D eigenvalue weighted by Gasteiger charge is 2.63. The summed E-state index contributed by atoms with van der Waals surface area (Å²) in [6.07, 6.45) is -2.77. The second-order valence-electron chi connectivity index (χ2n) is 11.1. The number of anilines is 1. The van der Waals surface area contributed by atoms with Gasteiger partial charge in [-0.3, -0.25) is 4.79 Å². The molecule has 6 nitrogen and oxygen atoms in total. The Bertz CT molecular complexity index is 1160. The summed E-state index contributed by atoms with van der Waals surface area (Å²) in [7, 11) is 0. The minimum Gasteiger partial charge on any atom is -0.380 e. The fourth-order valence-corrected chi connectivity index (χ4v) is 6.11. The van der Waals surface area contributed by atoms with Crippen LogP contribution in [0.4, 0.5) is 32.0 Å². The monoisotopic (exact) mass is 531 g/mol. The Labute approximate surface area is 209 Å². The number of alkyl halides is 5. The van der Waals surface area contributed by atoms with E-state index in [1.807, 2.05) is 0 Å². The van der Waals surface area contributed by atoms with Gasteiger partial charge in [0.15, 0.2) is 11.4 Å². The van der Waals surface area contributed by atoms with Gasteiger partial charge in [-0.2, -0.15) is 26.9 Å². The zero-order chi connectivity index (χ0) is 26.9. The molecular weight excluding hydrogens is 504 g/mol. The molecule has 2 bridgehead atoms. The summed E-state index contributed by atoms with van der Waals surface area (Å²) in [5.74, 6) is -5.94. The van der Waals surface area contributed by atoms with Crippen LogP contribution in [0, 0.1) is 17.2 Å². The van der Waals surface area contributed by atoms with Crippen LogP contribution in [0.15, 0.2) is 28.8 Å². The molecule has 1 aromatic heterocycles. The number of aromatic nitrogens is 2. The van der Waals surface area contributed by atoms with E-state index in [1.165, 1.54) is 29.2 Å². The molecule has 1 heterocycles. The predicted molar refractivity (Wildman–Crippen MR) is 118 cm³/mol. The molecule has 1 aromatic carbocycles. The average molecular weight is 531 g/mol. The molecule has 0 spiro atoms. The van der Waals surface area contributed by atoms with Gasteiger partial charge >= 0.3 is 12.1 Å². The largest absolute Gasteiger partial charge is 0.417 e. The van der Waals surface area contributed by atoms with Crippen LogP contribution in [0.3, 0.4) is 0 Å². The molecule has 2 aromatic rings. The Hall–Kier alpha value is -2.63. The molecular formula is C25H27F6N3O3. The first kappa shape index (κ1) is 26.0. The number of halogens is 6. The minimum atomic E-state index is -4.83. The first-order valence-electron chi connectivity index (χ1n) is 12.2. The maximum Gasteiger partial charge on any atom is 0.417 e. The summed E-state index contributed by atoms with van der Waals surface area (Å²) < 4.78 is 85.5. The fraction of sp³-hybridized carbons (Fsp3) is 0.640. The Morgan fingerprint density at radius 1 is 1.11 bits per heavy atom. The standard InChI is InChI=1S/C25H27F6N3O3/c1-21(27,28)20-32-19(33-37-20)23-8-5-22(6-9-23,7-10-23)14-34(17-4-2-3-16(26)11-17)18(35)15-12-24(36,13-15)25(29,30)31/h2-4,11,15,36H,5-10,12-14H2,1H3. The number of fused-ring (bicyclic) bond motifs is 3. The van der Waals surface area contributed by atoms with Gasteiger partial charge in [-0.05, 0) is 75.0 Å². The first-order chi connectivity index (χ1) is 17.2. The molecule has 4 saturated carbocycles. The maximum atomic E-state index is 14.1. The molecule has 4 aliphatic carbocycles. The average Bonchev–Trinajstić information content (AvgIpc) is 3.33. The van der Waals surface area contributed by atoms with Gasteiger partial charge in [-0.1, -0.05) is 11.2 Å². The SMILES string of the molecule is CC(F)(F)c1nc(C23CCC(CN(C(=O)C4CC(O)(C(F)(F)F)C4)c4cccc(F)c4)(CC2)CC3)no1. The highest BCUT2D eigenvalue weighted by Crippen LogP contribution is 2.58. The Kier molecular flexibility index (Phi) is 5.93. The second kappa shape index (κ2) is 8.44. The van der Waals surface area contributed by atoms with Crippen LogP contribution in [0.2, 0.25) is 0 Å². The van der Waals surface area contributed by atoms with Crippen LogP contribution in [0.5, 0.6) is 0 Å². The number of aliphatic hydroxyl groups is 1. The van der Waals surface area contributed by atoms with Crippen LogP contribution in [-0.2, 0) is 16.1 Å². The highest BCUT2D eigenvalue weighted by molar-refractivity contribution is 5.96. The maximum absolute atomic E-state index is 14.1. The van der Waals surface area contributed by atoms with Crippen molar-refractivity contribution in [2.24, 2.45) is 11.3 Å². The van der Waals surface area contributed by atoms with Crippen LogP contribution >= 0.6 is 0 Å². The number of hydrogen-bond donors (Lipinski definition) is 1. The van der Waals surface area contributed by atoms with Crippen molar-refractivity contribution in [1.82, 2.24) is 10.1 Å². The van der Waals surface area contributed by atoms with Gasteiger partial charge in [0.1, 0.15) is 5.82 Å². The summed E-state index contributed by atoms with van der Waals surface area (Å²) >= 11 is 0. The summed E-state index contributed by atoms with van der Waals surface area (Å²) in [5.41, 5.74) is -3.54. The van der Waals surface area contributed by atoms with Gasteiger partial charge in [0.05, 0.1) is 0 Å².